The molecule has 0 aromatic rings. The predicted molar refractivity (Wildman–Crippen MR) is 52.6 cm³/mol. The van der Waals surface area contributed by atoms with Crippen LogP contribution in [0, 0.1) is 5.92 Å². The third-order valence-electron chi connectivity index (χ3n) is 3.58. The van der Waals surface area contributed by atoms with Crippen LogP contribution in [-0.4, -0.2) is 29.3 Å². The Balaban J connectivity index is 2.13. The third kappa shape index (κ3) is 1.64. The van der Waals surface area contributed by atoms with Gasteiger partial charge in [-0.05, 0) is 25.3 Å². The zero-order chi connectivity index (χ0) is 9.42. The summed E-state index contributed by atoms with van der Waals surface area (Å²) < 4.78 is 0. The Morgan fingerprint density at radius 3 is 2.31 bits per heavy atom. The van der Waals surface area contributed by atoms with Crippen LogP contribution in [0.2, 0.25) is 0 Å². The summed E-state index contributed by atoms with van der Waals surface area (Å²) in [4.78, 5) is 14.0. The van der Waals surface area contributed by atoms with Gasteiger partial charge in [-0.2, -0.15) is 0 Å². The second-order valence-corrected chi connectivity index (χ2v) is 4.66. The van der Waals surface area contributed by atoms with E-state index < -0.39 is 0 Å². The molecule has 2 rings (SSSR count). The lowest BCUT2D eigenvalue weighted by Gasteiger charge is -2.47. The fourth-order valence-corrected chi connectivity index (χ4v) is 3.12. The number of piperidine rings is 2. The van der Waals surface area contributed by atoms with Crippen molar-refractivity contribution in [3.63, 3.8) is 0 Å². The second-order valence-electron chi connectivity index (χ2n) is 4.66. The molecule has 2 heteroatoms. The quantitative estimate of drug-likeness (QED) is 0.615. The summed E-state index contributed by atoms with van der Waals surface area (Å²) in [6, 6.07) is 1.14. The van der Waals surface area contributed by atoms with Gasteiger partial charge in [-0.1, -0.05) is 13.8 Å². The molecule has 0 N–H and O–H groups in total. The summed E-state index contributed by atoms with van der Waals surface area (Å²) in [5.41, 5.74) is 0. The highest BCUT2D eigenvalue weighted by atomic mass is 16.1. The highest BCUT2D eigenvalue weighted by molar-refractivity contribution is 5.80. The lowest BCUT2D eigenvalue weighted by molar-refractivity contribution is -0.127. The van der Waals surface area contributed by atoms with Crippen molar-refractivity contribution < 1.29 is 4.79 Å². The van der Waals surface area contributed by atoms with E-state index in [4.69, 9.17) is 0 Å². The summed E-state index contributed by atoms with van der Waals surface area (Å²) in [7, 11) is 0. The maximum absolute atomic E-state index is 11.4. The first-order chi connectivity index (χ1) is 6.20. The van der Waals surface area contributed by atoms with E-state index in [1.807, 2.05) is 0 Å². The molecular formula is C11H19NO. The number of rotatable bonds is 1. The molecule has 2 aliphatic heterocycles. The number of fused-ring (bicyclic) bond motifs is 2. The van der Waals surface area contributed by atoms with Crippen LogP contribution in [0.15, 0.2) is 0 Å². The fourth-order valence-electron chi connectivity index (χ4n) is 3.12. The Hall–Kier alpha value is -0.370. The molecule has 0 radical (unpaired) electrons. The van der Waals surface area contributed by atoms with Crippen LogP contribution in [0.25, 0.3) is 0 Å². The van der Waals surface area contributed by atoms with Gasteiger partial charge >= 0.3 is 0 Å². The number of nitrogens with zero attached hydrogens (tertiary/aromatic N) is 1. The SMILES string of the molecule is CCN1C2CC(=O)CC1CC(C)C2. The number of hydrogen-bond acceptors (Lipinski definition) is 2. The van der Waals surface area contributed by atoms with E-state index in [1.54, 1.807) is 0 Å². The summed E-state index contributed by atoms with van der Waals surface area (Å²) in [6.45, 7) is 5.66. The van der Waals surface area contributed by atoms with Gasteiger partial charge in [0.05, 0.1) is 0 Å². The summed E-state index contributed by atoms with van der Waals surface area (Å²) in [5, 5.41) is 0. The number of carbonyl (C=O) groups is 1. The van der Waals surface area contributed by atoms with Gasteiger partial charge in [0, 0.05) is 24.9 Å². The summed E-state index contributed by atoms with van der Waals surface area (Å²) >= 11 is 0. The Bertz CT molecular complexity index is 196. The molecule has 2 bridgehead atoms. The number of Topliss-reactive ketones (excluding diaryl/α,β-unsaturated/α-hetero) is 1. The van der Waals surface area contributed by atoms with Crippen LogP contribution >= 0.6 is 0 Å². The molecule has 0 saturated carbocycles. The van der Waals surface area contributed by atoms with Crippen molar-refractivity contribution in [2.75, 3.05) is 6.54 Å². The Morgan fingerprint density at radius 2 is 1.85 bits per heavy atom. The summed E-state index contributed by atoms with van der Waals surface area (Å²) in [6.07, 6.45) is 4.09. The molecule has 0 amide bonds. The second kappa shape index (κ2) is 3.41. The third-order valence-corrected chi connectivity index (χ3v) is 3.58. The van der Waals surface area contributed by atoms with E-state index in [9.17, 15) is 4.79 Å². The Morgan fingerprint density at radius 1 is 1.31 bits per heavy atom. The van der Waals surface area contributed by atoms with Gasteiger partial charge in [0.15, 0.2) is 0 Å². The van der Waals surface area contributed by atoms with Gasteiger partial charge in [0.1, 0.15) is 5.78 Å². The van der Waals surface area contributed by atoms with Crippen molar-refractivity contribution in [2.24, 2.45) is 5.92 Å². The minimum absolute atomic E-state index is 0.492. The van der Waals surface area contributed by atoms with E-state index in [0.29, 0.717) is 17.9 Å². The molecule has 2 heterocycles. The maximum Gasteiger partial charge on any atom is 0.136 e. The van der Waals surface area contributed by atoms with Crippen molar-refractivity contribution in [2.45, 2.75) is 51.6 Å². The van der Waals surface area contributed by atoms with Gasteiger partial charge in [-0.25, -0.2) is 0 Å². The molecule has 2 atom stereocenters. The van der Waals surface area contributed by atoms with Crippen LogP contribution < -0.4 is 0 Å². The molecule has 0 aromatic heterocycles. The average Bonchev–Trinajstić information content (AvgIpc) is 2.01. The topological polar surface area (TPSA) is 20.3 Å². The average molecular weight is 181 g/mol. The van der Waals surface area contributed by atoms with Gasteiger partial charge < -0.3 is 0 Å². The fraction of sp³-hybridized carbons (Fsp3) is 0.909. The van der Waals surface area contributed by atoms with E-state index in [-0.39, 0.29) is 0 Å². The standard InChI is InChI=1S/C11H19NO/c1-3-12-9-4-8(2)5-10(12)7-11(13)6-9/h8-10H,3-7H2,1-2H3. The van der Waals surface area contributed by atoms with Crippen molar-refractivity contribution >= 4 is 5.78 Å². The zero-order valence-corrected chi connectivity index (χ0v) is 8.62. The minimum Gasteiger partial charge on any atom is -0.300 e. The van der Waals surface area contributed by atoms with Gasteiger partial charge in [0.2, 0.25) is 0 Å². The first-order valence-corrected chi connectivity index (χ1v) is 5.48. The lowest BCUT2D eigenvalue weighted by atomic mass is 9.79. The van der Waals surface area contributed by atoms with Gasteiger partial charge in [0.25, 0.3) is 0 Å². The zero-order valence-electron chi connectivity index (χ0n) is 8.62. The van der Waals surface area contributed by atoms with Crippen molar-refractivity contribution in [3.8, 4) is 0 Å². The first kappa shape index (κ1) is 9.20. The van der Waals surface area contributed by atoms with E-state index in [0.717, 1.165) is 25.3 Å². The number of carbonyl (C=O) groups excluding carboxylic acids is 1. The highest BCUT2D eigenvalue weighted by Gasteiger charge is 2.38. The monoisotopic (exact) mass is 181 g/mol. The molecule has 13 heavy (non-hydrogen) atoms. The number of ketones is 1. The molecule has 2 unspecified atom stereocenters. The molecule has 2 saturated heterocycles. The Kier molecular flexibility index (Phi) is 2.41. The molecular weight excluding hydrogens is 162 g/mol. The minimum atomic E-state index is 0.492. The smallest absolute Gasteiger partial charge is 0.136 e. The molecule has 0 spiro atoms. The van der Waals surface area contributed by atoms with Crippen LogP contribution in [-0.2, 0) is 4.79 Å². The maximum atomic E-state index is 11.4. The molecule has 74 valence electrons. The molecule has 0 aliphatic carbocycles. The first-order valence-electron chi connectivity index (χ1n) is 5.48. The Labute approximate surface area is 80.3 Å². The van der Waals surface area contributed by atoms with Crippen molar-refractivity contribution in [1.82, 2.24) is 4.90 Å². The normalized spacial score (nSPS) is 40.8. The van der Waals surface area contributed by atoms with Crippen molar-refractivity contribution in [3.05, 3.63) is 0 Å². The predicted octanol–water partition coefficient (Wildman–Crippen LogP) is 1.84. The number of hydrogen-bond donors (Lipinski definition) is 0. The van der Waals surface area contributed by atoms with Crippen LogP contribution in [0.1, 0.15) is 39.5 Å². The van der Waals surface area contributed by atoms with Crippen LogP contribution in [0.3, 0.4) is 0 Å². The van der Waals surface area contributed by atoms with Crippen molar-refractivity contribution in [1.29, 1.82) is 0 Å². The summed E-state index contributed by atoms with van der Waals surface area (Å²) in [5.74, 6) is 1.32. The highest BCUT2D eigenvalue weighted by Crippen LogP contribution is 2.34. The van der Waals surface area contributed by atoms with Gasteiger partial charge in [-0.3, -0.25) is 9.69 Å². The van der Waals surface area contributed by atoms with E-state index >= 15 is 0 Å². The van der Waals surface area contributed by atoms with Gasteiger partial charge in [-0.15, -0.1) is 0 Å². The lowest BCUT2D eigenvalue weighted by Crippen LogP contribution is -2.53. The van der Waals surface area contributed by atoms with Crippen LogP contribution in [0.5, 0.6) is 0 Å². The largest absolute Gasteiger partial charge is 0.300 e. The van der Waals surface area contributed by atoms with E-state index in [2.05, 4.69) is 18.7 Å². The molecule has 0 aromatic carbocycles. The molecule has 2 nitrogen and oxygen atoms in total. The van der Waals surface area contributed by atoms with Crippen LogP contribution in [0.4, 0.5) is 0 Å². The molecule has 2 aliphatic rings. The van der Waals surface area contributed by atoms with E-state index in [1.165, 1.54) is 12.8 Å². The molecule has 2 fully saturated rings.